The normalized spacial score (nSPS) is 21.4. The molecule has 1 N–H and O–H groups in total. The second-order valence-corrected chi connectivity index (χ2v) is 7.08. The summed E-state index contributed by atoms with van der Waals surface area (Å²) in [6.07, 6.45) is 2.37. The number of benzene rings is 2. The Labute approximate surface area is 138 Å². The zero-order valence-corrected chi connectivity index (χ0v) is 14.3. The minimum atomic E-state index is 0.361. The van der Waals surface area contributed by atoms with Crippen LogP contribution in [0.4, 0.5) is 5.69 Å². The summed E-state index contributed by atoms with van der Waals surface area (Å²) in [6, 6.07) is 15.3. The summed E-state index contributed by atoms with van der Waals surface area (Å²) in [4.78, 5) is 0. The largest absolute Gasteiger partial charge is 0.377 e. The minimum Gasteiger partial charge on any atom is -0.377 e. The molecular weight excluding hydrogens is 381 g/mol. The maximum atomic E-state index is 6.34. The number of rotatable bonds is 2. The average Bonchev–Trinajstić information content (AvgIpc) is 2.45. The Morgan fingerprint density at radius 1 is 1.10 bits per heavy atom. The Morgan fingerprint density at radius 2 is 1.85 bits per heavy atom. The van der Waals surface area contributed by atoms with Crippen molar-refractivity contribution in [2.45, 2.75) is 31.7 Å². The SMILES string of the molecule is CC1CCC(Nc2ccc(I)cc2Cl)c2ccccc21. The van der Waals surface area contributed by atoms with Crippen LogP contribution >= 0.6 is 34.2 Å². The third-order valence-electron chi connectivity index (χ3n) is 4.05. The molecule has 2 atom stereocenters. The molecule has 1 aliphatic rings. The zero-order chi connectivity index (χ0) is 14.1. The molecule has 0 aromatic heterocycles. The van der Waals surface area contributed by atoms with Crippen LogP contribution in [0, 0.1) is 3.57 Å². The third kappa shape index (κ3) is 2.82. The van der Waals surface area contributed by atoms with Gasteiger partial charge in [0.15, 0.2) is 0 Å². The lowest BCUT2D eigenvalue weighted by Crippen LogP contribution is -2.19. The topological polar surface area (TPSA) is 12.0 Å². The van der Waals surface area contributed by atoms with Gasteiger partial charge in [-0.15, -0.1) is 0 Å². The first kappa shape index (κ1) is 14.2. The van der Waals surface area contributed by atoms with Crippen molar-refractivity contribution in [3.63, 3.8) is 0 Å². The fraction of sp³-hybridized carbons (Fsp3) is 0.294. The van der Waals surface area contributed by atoms with E-state index in [0.29, 0.717) is 12.0 Å². The zero-order valence-electron chi connectivity index (χ0n) is 11.4. The van der Waals surface area contributed by atoms with E-state index in [1.165, 1.54) is 17.5 Å². The molecule has 104 valence electrons. The average molecular weight is 398 g/mol. The maximum Gasteiger partial charge on any atom is 0.0648 e. The van der Waals surface area contributed by atoms with Gasteiger partial charge in [-0.25, -0.2) is 0 Å². The van der Waals surface area contributed by atoms with Gasteiger partial charge in [0.2, 0.25) is 0 Å². The van der Waals surface area contributed by atoms with E-state index in [0.717, 1.165) is 20.7 Å². The van der Waals surface area contributed by atoms with Crippen LogP contribution in [0.5, 0.6) is 0 Å². The Morgan fingerprint density at radius 3 is 2.60 bits per heavy atom. The van der Waals surface area contributed by atoms with Gasteiger partial charge in [0.1, 0.15) is 0 Å². The molecule has 0 saturated heterocycles. The van der Waals surface area contributed by atoms with Gasteiger partial charge in [0, 0.05) is 3.57 Å². The van der Waals surface area contributed by atoms with Crippen molar-refractivity contribution in [1.29, 1.82) is 0 Å². The van der Waals surface area contributed by atoms with Crippen LogP contribution < -0.4 is 5.32 Å². The first-order valence-electron chi connectivity index (χ1n) is 6.95. The highest BCUT2D eigenvalue weighted by atomic mass is 127. The van der Waals surface area contributed by atoms with Gasteiger partial charge in [-0.1, -0.05) is 42.8 Å². The highest BCUT2D eigenvalue weighted by molar-refractivity contribution is 14.1. The van der Waals surface area contributed by atoms with E-state index in [9.17, 15) is 0 Å². The standard InChI is InChI=1S/C17H17ClIN/c1-11-6-8-16(14-5-3-2-4-13(11)14)20-17-9-7-12(19)10-15(17)18/h2-5,7,9-11,16,20H,6,8H2,1H3. The number of anilines is 1. The number of hydrogen-bond donors (Lipinski definition) is 1. The molecule has 0 aliphatic heterocycles. The molecule has 0 saturated carbocycles. The van der Waals surface area contributed by atoms with E-state index in [2.05, 4.69) is 71.2 Å². The van der Waals surface area contributed by atoms with Crippen LogP contribution in [-0.4, -0.2) is 0 Å². The molecule has 1 nitrogen and oxygen atoms in total. The van der Waals surface area contributed by atoms with Crippen molar-refractivity contribution in [3.05, 3.63) is 62.2 Å². The first-order valence-corrected chi connectivity index (χ1v) is 8.41. The van der Waals surface area contributed by atoms with E-state index in [4.69, 9.17) is 11.6 Å². The smallest absolute Gasteiger partial charge is 0.0648 e. The van der Waals surface area contributed by atoms with E-state index in [1.807, 2.05) is 6.07 Å². The van der Waals surface area contributed by atoms with Crippen LogP contribution in [0.1, 0.15) is 42.9 Å². The molecule has 0 fully saturated rings. The fourth-order valence-electron chi connectivity index (χ4n) is 2.95. The molecular formula is C17H17ClIN. The van der Waals surface area contributed by atoms with E-state index >= 15 is 0 Å². The summed E-state index contributed by atoms with van der Waals surface area (Å²) < 4.78 is 1.16. The van der Waals surface area contributed by atoms with Gasteiger partial charge in [-0.3, -0.25) is 0 Å². The molecule has 2 aromatic carbocycles. The van der Waals surface area contributed by atoms with E-state index < -0.39 is 0 Å². The molecule has 0 spiro atoms. The van der Waals surface area contributed by atoms with E-state index in [-0.39, 0.29) is 0 Å². The Kier molecular flexibility index (Phi) is 4.22. The van der Waals surface area contributed by atoms with Gasteiger partial charge in [-0.2, -0.15) is 0 Å². The lowest BCUT2D eigenvalue weighted by atomic mass is 9.81. The predicted molar refractivity (Wildman–Crippen MR) is 94.6 cm³/mol. The molecule has 0 heterocycles. The number of hydrogen-bond acceptors (Lipinski definition) is 1. The molecule has 20 heavy (non-hydrogen) atoms. The third-order valence-corrected chi connectivity index (χ3v) is 5.04. The molecule has 3 rings (SSSR count). The minimum absolute atomic E-state index is 0.361. The Bertz CT molecular complexity index is 626. The first-order chi connectivity index (χ1) is 9.65. The summed E-state index contributed by atoms with van der Waals surface area (Å²) in [5, 5.41) is 4.42. The Balaban J connectivity index is 1.90. The molecule has 1 aliphatic carbocycles. The van der Waals surface area contributed by atoms with Crippen molar-refractivity contribution in [2.75, 3.05) is 5.32 Å². The van der Waals surface area contributed by atoms with Crippen molar-refractivity contribution in [1.82, 2.24) is 0 Å². The summed E-state index contributed by atoms with van der Waals surface area (Å²) in [5.74, 6) is 0.649. The molecule has 0 bridgehead atoms. The molecule has 3 heteroatoms. The van der Waals surface area contributed by atoms with Crippen molar-refractivity contribution >= 4 is 39.9 Å². The Hall–Kier alpha value is -0.740. The van der Waals surface area contributed by atoms with Gasteiger partial charge in [0.05, 0.1) is 16.8 Å². The van der Waals surface area contributed by atoms with Crippen LogP contribution in [0.3, 0.4) is 0 Å². The lowest BCUT2D eigenvalue weighted by Gasteiger charge is -2.31. The number of fused-ring (bicyclic) bond motifs is 1. The fourth-order valence-corrected chi connectivity index (χ4v) is 3.86. The number of halogens is 2. The second-order valence-electron chi connectivity index (χ2n) is 5.43. The quantitative estimate of drug-likeness (QED) is 0.613. The monoisotopic (exact) mass is 397 g/mol. The van der Waals surface area contributed by atoms with E-state index in [1.54, 1.807) is 0 Å². The highest BCUT2D eigenvalue weighted by Crippen LogP contribution is 2.39. The molecule has 0 radical (unpaired) electrons. The van der Waals surface area contributed by atoms with Gasteiger partial charge >= 0.3 is 0 Å². The predicted octanol–water partition coefficient (Wildman–Crippen LogP) is 6.00. The number of nitrogens with one attached hydrogen (secondary N) is 1. The molecule has 2 unspecified atom stereocenters. The van der Waals surface area contributed by atoms with Gasteiger partial charge in [0.25, 0.3) is 0 Å². The van der Waals surface area contributed by atoms with Crippen molar-refractivity contribution in [2.24, 2.45) is 0 Å². The van der Waals surface area contributed by atoms with Crippen LogP contribution in [0.25, 0.3) is 0 Å². The summed E-state index contributed by atoms with van der Waals surface area (Å²) in [5.41, 5.74) is 3.92. The van der Waals surface area contributed by atoms with Crippen LogP contribution in [-0.2, 0) is 0 Å². The molecule has 0 amide bonds. The molecule has 2 aromatic rings. The van der Waals surface area contributed by atoms with Crippen molar-refractivity contribution in [3.8, 4) is 0 Å². The maximum absolute atomic E-state index is 6.34. The lowest BCUT2D eigenvalue weighted by molar-refractivity contribution is 0.534. The summed E-state index contributed by atoms with van der Waals surface area (Å²) >= 11 is 8.62. The van der Waals surface area contributed by atoms with Gasteiger partial charge in [-0.05, 0) is 70.7 Å². The summed E-state index contributed by atoms with van der Waals surface area (Å²) in [6.45, 7) is 2.31. The highest BCUT2D eigenvalue weighted by Gasteiger charge is 2.24. The van der Waals surface area contributed by atoms with Crippen molar-refractivity contribution < 1.29 is 0 Å². The van der Waals surface area contributed by atoms with Gasteiger partial charge < -0.3 is 5.32 Å². The summed E-state index contributed by atoms with van der Waals surface area (Å²) in [7, 11) is 0. The van der Waals surface area contributed by atoms with Crippen LogP contribution in [0.2, 0.25) is 5.02 Å². The second kappa shape index (κ2) is 5.94. The van der Waals surface area contributed by atoms with Crippen LogP contribution in [0.15, 0.2) is 42.5 Å².